The van der Waals surface area contributed by atoms with Crippen molar-refractivity contribution in [3.05, 3.63) is 60.9 Å². The van der Waals surface area contributed by atoms with Crippen LogP contribution in [0.25, 0.3) is 5.69 Å². The van der Waals surface area contributed by atoms with Crippen LogP contribution in [0.2, 0.25) is 0 Å². The quantitative estimate of drug-likeness (QED) is 0.688. The number of aromatic nitrogens is 5. The summed E-state index contributed by atoms with van der Waals surface area (Å²) in [5, 5.41) is 18.8. The van der Waals surface area contributed by atoms with E-state index in [0.717, 1.165) is 18.8 Å². The minimum Gasteiger partial charge on any atom is -0.347 e. The molecular weight excluding hydrogens is 366 g/mol. The van der Waals surface area contributed by atoms with Crippen LogP contribution in [0.5, 0.6) is 0 Å². The van der Waals surface area contributed by atoms with E-state index in [1.54, 1.807) is 17.2 Å². The summed E-state index contributed by atoms with van der Waals surface area (Å²) in [5.41, 5.74) is 0.303. The van der Waals surface area contributed by atoms with Gasteiger partial charge in [0.05, 0.1) is 6.54 Å². The Hall–Kier alpha value is -2.71. The third-order valence-corrected chi connectivity index (χ3v) is 4.86. The second-order valence-corrected chi connectivity index (χ2v) is 6.37. The fourth-order valence-corrected chi connectivity index (χ4v) is 3.43. The summed E-state index contributed by atoms with van der Waals surface area (Å²) < 4.78 is 3.66. The number of piperidine rings is 1. The summed E-state index contributed by atoms with van der Waals surface area (Å²) >= 11 is 0. The van der Waals surface area contributed by atoms with Crippen LogP contribution in [0.4, 0.5) is 0 Å². The van der Waals surface area contributed by atoms with Gasteiger partial charge < -0.3 is 10.6 Å². The van der Waals surface area contributed by atoms with Gasteiger partial charge in [-0.15, -0.1) is 22.6 Å². The number of carbonyl (C=O) groups excluding carboxylic acids is 1. The summed E-state index contributed by atoms with van der Waals surface area (Å²) in [6.45, 7) is 1.88. The van der Waals surface area contributed by atoms with E-state index >= 15 is 0 Å². The number of benzene rings is 1. The number of carbonyl (C=O) groups is 1. The van der Waals surface area contributed by atoms with E-state index in [1.807, 2.05) is 47.2 Å². The first kappa shape index (κ1) is 19.1. The Morgan fingerprint density at radius 2 is 1.96 bits per heavy atom. The van der Waals surface area contributed by atoms with Gasteiger partial charge in [-0.05, 0) is 44.1 Å². The summed E-state index contributed by atoms with van der Waals surface area (Å²) in [6.07, 6.45) is 6.63. The Morgan fingerprint density at radius 3 is 2.67 bits per heavy atom. The Balaban J connectivity index is 0.00000210. The lowest BCUT2D eigenvalue weighted by molar-refractivity contribution is -0.132. The number of amides is 1. The van der Waals surface area contributed by atoms with Crippen molar-refractivity contribution in [3.8, 4) is 5.69 Å². The maximum atomic E-state index is 13.1. The van der Waals surface area contributed by atoms with Crippen LogP contribution in [-0.2, 0) is 16.9 Å². The Bertz CT molecular complexity index is 857. The molecule has 1 saturated heterocycles. The third-order valence-electron chi connectivity index (χ3n) is 4.86. The van der Waals surface area contributed by atoms with Crippen LogP contribution >= 0.6 is 12.4 Å². The fourth-order valence-electron chi connectivity index (χ4n) is 3.43. The molecule has 1 fully saturated rings. The Kier molecular flexibility index (Phi) is 5.88. The van der Waals surface area contributed by atoms with Gasteiger partial charge in [0.1, 0.15) is 11.9 Å². The largest absolute Gasteiger partial charge is 0.347 e. The molecule has 0 bridgehead atoms. The molecule has 0 atom stereocenters. The fraction of sp³-hybridized carbons (Fsp3) is 0.333. The number of rotatable bonds is 5. The SMILES string of the molecule is Cl.O=C(NCc1nncn1-c1ccccc1)C1(n2cccn2)CCNCC1. The molecule has 27 heavy (non-hydrogen) atoms. The maximum Gasteiger partial charge on any atom is 0.248 e. The summed E-state index contributed by atoms with van der Waals surface area (Å²) in [7, 11) is 0. The van der Waals surface area contributed by atoms with E-state index in [2.05, 4.69) is 25.9 Å². The van der Waals surface area contributed by atoms with Crippen LogP contribution < -0.4 is 10.6 Å². The molecule has 8 nitrogen and oxygen atoms in total. The molecule has 2 aromatic heterocycles. The minimum absolute atomic E-state index is 0. The lowest BCUT2D eigenvalue weighted by Gasteiger charge is -2.36. The molecule has 0 radical (unpaired) electrons. The second kappa shape index (κ2) is 8.32. The average Bonchev–Trinajstić information content (AvgIpc) is 3.39. The van der Waals surface area contributed by atoms with E-state index in [1.165, 1.54) is 0 Å². The molecule has 1 aliphatic heterocycles. The molecular formula is C18H22ClN7O. The lowest BCUT2D eigenvalue weighted by Crippen LogP contribution is -2.54. The van der Waals surface area contributed by atoms with Gasteiger partial charge in [0.25, 0.3) is 0 Å². The predicted molar refractivity (Wildman–Crippen MR) is 103 cm³/mol. The van der Waals surface area contributed by atoms with Crippen LogP contribution in [0, 0.1) is 0 Å². The highest BCUT2D eigenvalue weighted by atomic mass is 35.5. The van der Waals surface area contributed by atoms with E-state index in [9.17, 15) is 4.79 Å². The first-order valence-electron chi connectivity index (χ1n) is 8.73. The molecule has 0 aliphatic carbocycles. The van der Waals surface area contributed by atoms with Crippen molar-refractivity contribution in [2.75, 3.05) is 13.1 Å². The van der Waals surface area contributed by atoms with Crippen molar-refractivity contribution >= 4 is 18.3 Å². The molecule has 142 valence electrons. The first-order chi connectivity index (χ1) is 12.8. The molecule has 4 rings (SSSR count). The summed E-state index contributed by atoms with van der Waals surface area (Å²) in [6, 6.07) is 11.7. The van der Waals surface area contributed by atoms with Gasteiger partial charge in [-0.1, -0.05) is 18.2 Å². The smallest absolute Gasteiger partial charge is 0.248 e. The van der Waals surface area contributed by atoms with E-state index < -0.39 is 5.54 Å². The van der Waals surface area contributed by atoms with Crippen molar-refractivity contribution in [1.82, 2.24) is 35.2 Å². The maximum absolute atomic E-state index is 13.1. The first-order valence-corrected chi connectivity index (χ1v) is 8.73. The standard InChI is InChI=1S/C18H21N7O.ClH/c26-17(18(7-10-19-11-8-18)25-12-4-9-22-25)20-13-16-23-21-14-24(16)15-5-2-1-3-6-15;/h1-6,9,12,14,19H,7-8,10-11,13H2,(H,20,26);1H. The second-order valence-electron chi connectivity index (χ2n) is 6.37. The number of nitrogens with zero attached hydrogens (tertiary/aromatic N) is 5. The molecule has 1 aromatic carbocycles. The van der Waals surface area contributed by atoms with Gasteiger partial charge in [-0.25, -0.2) is 0 Å². The number of hydrogen-bond acceptors (Lipinski definition) is 5. The number of hydrogen-bond donors (Lipinski definition) is 2. The van der Waals surface area contributed by atoms with Crippen molar-refractivity contribution in [2.24, 2.45) is 0 Å². The van der Waals surface area contributed by atoms with Gasteiger partial charge in [0.15, 0.2) is 5.82 Å². The molecule has 1 aliphatic rings. The highest BCUT2D eigenvalue weighted by Crippen LogP contribution is 2.27. The van der Waals surface area contributed by atoms with Gasteiger partial charge >= 0.3 is 0 Å². The molecule has 3 aromatic rings. The summed E-state index contributed by atoms with van der Waals surface area (Å²) in [5.74, 6) is 0.652. The van der Waals surface area contributed by atoms with E-state index in [0.29, 0.717) is 25.2 Å². The van der Waals surface area contributed by atoms with Gasteiger partial charge in [0.2, 0.25) is 5.91 Å². The number of nitrogens with one attached hydrogen (secondary N) is 2. The van der Waals surface area contributed by atoms with Gasteiger partial charge in [-0.3, -0.25) is 14.0 Å². The minimum atomic E-state index is -0.660. The van der Waals surface area contributed by atoms with Crippen LogP contribution in [0.15, 0.2) is 55.1 Å². The zero-order valence-electron chi connectivity index (χ0n) is 14.8. The zero-order chi connectivity index (χ0) is 17.8. The van der Waals surface area contributed by atoms with Gasteiger partial charge in [0, 0.05) is 18.1 Å². The Labute approximate surface area is 163 Å². The molecule has 0 spiro atoms. The average molecular weight is 388 g/mol. The van der Waals surface area contributed by atoms with Crippen molar-refractivity contribution in [2.45, 2.75) is 24.9 Å². The zero-order valence-corrected chi connectivity index (χ0v) is 15.6. The van der Waals surface area contributed by atoms with Gasteiger partial charge in [-0.2, -0.15) is 5.10 Å². The highest BCUT2D eigenvalue weighted by Gasteiger charge is 2.41. The van der Waals surface area contributed by atoms with E-state index in [-0.39, 0.29) is 18.3 Å². The monoisotopic (exact) mass is 387 g/mol. The molecule has 1 amide bonds. The summed E-state index contributed by atoms with van der Waals surface area (Å²) in [4.78, 5) is 13.1. The van der Waals surface area contributed by atoms with Crippen LogP contribution in [-0.4, -0.2) is 43.5 Å². The number of halogens is 1. The van der Waals surface area contributed by atoms with Crippen LogP contribution in [0.1, 0.15) is 18.7 Å². The highest BCUT2D eigenvalue weighted by molar-refractivity contribution is 5.85. The molecule has 0 saturated carbocycles. The van der Waals surface area contributed by atoms with Crippen molar-refractivity contribution in [1.29, 1.82) is 0 Å². The lowest BCUT2D eigenvalue weighted by atomic mass is 9.87. The molecule has 2 N–H and O–H groups in total. The van der Waals surface area contributed by atoms with Crippen molar-refractivity contribution < 1.29 is 4.79 Å². The third kappa shape index (κ3) is 3.72. The van der Waals surface area contributed by atoms with Crippen molar-refractivity contribution in [3.63, 3.8) is 0 Å². The topological polar surface area (TPSA) is 89.7 Å². The molecule has 9 heteroatoms. The normalized spacial score (nSPS) is 15.7. The molecule has 0 unspecified atom stereocenters. The molecule has 3 heterocycles. The van der Waals surface area contributed by atoms with Crippen LogP contribution in [0.3, 0.4) is 0 Å². The Morgan fingerprint density at radius 1 is 1.19 bits per heavy atom. The van der Waals surface area contributed by atoms with E-state index in [4.69, 9.17) is 0 Å². The number of para-hydroxylation sites is 1. The predicted octanol–water partition coefficient (Wildman–Crippen LogP) is 1.28.